The molecule has 4 aromatic rings. The van der Waals surface area contributed by atoms with E-state index in [1.807, 2.05) is 36.4 Å². The molecule has 222 valence electrons. The predicted molar refractivity (Wildman–Crippen MR) is 169 cm³/mol. The van der Waals surface area contributed by atoms with Crippen molar-refractivity contribution in [2.45, 2.75) is 19.7 Å². The van der Waals surface area contributed by atoms with Crippen molar-refractivity contribution in [1.82, 2.24) is 0 Å². The van der Waals surface area contributed by atoms with Crippen molar-refractivity contribution in [2.24, 2.45) is 0 Å². The van der Waals surface area contributed by atoms with Crippen LogP contribution in [0.5, 0.6) is 17.2 Å². The SMILES string of the molecule is COc1cccc(CN(Cc2cccc(N(C)C)c2)c2cccc(COCCOCCOc3cccc(OC)c3)c2)c1. The first-order chi connectivity index (χ1) is 20.5. The Morgan fingerprint density at radius 2 is 1.07 bits per heavy atom. The lowest BCUT2D eigenvalue weighted by Gasteiger charge is -2.26. The van der Waals surface area contributed by atoms with Crippen molar-refractivity contribution in [3.8, 4) is 17.2 Å². The highest BCUT2D eigenvalue weighted by atomic mass is 16.5. The third-order valence-corrected chi connectivity index (χ3v) is 6.76. The molecule has 0 unspecified atom stereocenters. The van der Waals surface area contributed by atoms with E-state index in [0.717, 1.165) is 41.6 Å². The van der Waals surface area contributed by atoms with Gasteiger partial charge in [0.1, 0.15) is 23.9 Å². The summed E-state index contributed by atoms with van der Waals surface area (Å²) in [5, 5.41) is 0. The second-order valence-corrected chi connectivity index (χ2v) is 10.1. The molecule has 0 bridgehead atoms. The quantitative estimate of drug-likeness (QED) is 0.133. The van der Waals surface area contributed by atoms with Gasteiger partial charge in [-0.05, 0) is 65.2 Å². The first kappa shape index (κ1) is 30.8. The third kappa shape index (κ3) is 9.72. The van der Waals surface area contributed by atoms with Gasteiger partial charge in [-0.25, -0.2) is 0 Å². The first-order valence-corrected chi connectivity index (χ1v) is 14.2. The highest BCUT2D eigenvalue weighted by molar-refractivity contribution is 5.52. The molecule has 0 saturated heterocycles. The second kappa shape index (κ2) is 16.3. The molecule has 0 aliphatic carbocycles. The maximum atomic E-state index is 5.94. The van der Waals surface area contributed by atoms with E-state index in [9.17, 15) is 0 Å². The topological polar surface area (TPSA) is 52.6 Å². The molecule has 0 atom stereocenters. The fourth-order valence-corrected chi connectivity index (χ4v) is 4.55. The Hall–Kier alpha value is -4.20. The van der Waals surface area contributed by atoms with Gasteiger partial charge < -0.3 is 33.5 Å². The van der Waals surface area contributed by atoms with E-state index >= 15 is 0 Å². The molecule has 0 saturated carbocycles. The molecule has 0 spiro atoms. The molecule has 4 rings (SSSR count). The van der Waals surface area contributed by atoms with Crippen LogP contribution < -0.4 is 24.0 Å². The fourth-order valence-electron chi connectivity index (χ4n) is 4.55. The molecular weight excluding hydrogens is 528 g/mol. The van der Waals surface area contributed by atoms with Crippen LogP contribution in [-0.4, -0.2) is 54.7 Å². The molecule has 7 heteroatoms. The number of nitrogens with zero attached hydrogens (tertiary/aromatic N) is 2. The van der Waals surface area contributed by atoms with E-state index in [1.54, 1.807) is 14.2 Å². The second-order valence-electron chi connectivity index (χ2n) is 10.1. The van der Waals surface area contributed by atoms with Gasteiger partial charge in [-0.15, -0.1) is 0 Å². The van der Waals surface area contributed by atoms with Gasteiger partial charge in [-0.2, -0.15) is 0 Å². The van der Waals surface area contributed by atoms with Gasteiger partial charge >= 0.3 is 0 Å². The molecule has 7 nitrogen and oxygen atoms in total. The van der Waals surface area contributed by atoms with Crippen LogP contribution in [0.3, 0.4) is 0 Å². The maximum absolute atomic E-state index is 5.94. The summed E-state index contributed by atoms with van der Waals surface area (Å²) in [5.74, 6) is 2.39. The number of hydrogen-bond acceptors (Lipinski definition) is 7. The molecule has 0 heterocycles. The first-order valence-electron chi connectivity index (χ1n) is 14.2. The maximum Gasteiger partial charge on any atom is 0.123 e. The Kier molecular flexibility index (Phi) is 11.9. The monoisotopic (exact) mass is 570 g/mol. The summed E-state index contributed by atoms with van der Waals surface area (Å²) >= 11 is 0. The van der Waals surface area contributed by atoms with Crippen molar-refractivity contribution in [3.05, 3.63) is 114 Å². The summed E-state index contributed by atoms with van der Waals surface area (Å²) in [5.41, 5.74) is 5.88. The van der Waals surface area contributed by atoms with Crippen LogP contribution in [0, 0.1) is 0 Å². The van der Waals surface area contributed by atoms with Crippen molar-refractivity contribution >= 4 is 11.4 Å². The standard InChI is InChI=1S/C35H42N2O5/c1-36(2)31-12-5-9-28(21-31)25-37(26-29-10-7-14-33(23-29)38-3)32-13-6-11-30(22-32)27-41-18-17-40-19-20-42-35-16-8-15-34(24-35)39-4/h5-16,21-24H,17-20,25-27H2,1-4H3. The van der Waals surface area contributed by atoms with Crippen LogP contribution in [0.4, 0.5) is 11.4 Å². The number of benzene rings is 4. The number of anilines is 2. The van der Waals surface area contributed by atoms with Gasteiger partial charge in [0.15, 0.2) is 0 Å². The highest BCUT2D eigenvalue weighted by Crippen LogP contribution is 2.25. The summed E-state index contributed by atoms with van der Waals surface area (Å²) in [6.07, 6.45) is 0. The van der Waals surface area contributed by atoms with Crippen LogP contribution in [0.25, 0.3) is 0 Å². The minimum Gasteiger partial charge on any atom is -0.497 e. The largest absolute Gasteiger partial charge is 0.497 e. The van der Waals surface area contributed by atoms with E-state index in [2.05, 4.69) is 84.6 Å². The molecule has 0 aliphatic heterocycles. The Bertz CT molecular complexity index is 1380. The van der Waals surface area contributed by atoms with Gasteiger partial charge in [0.05, 0.1) is 40.6 Å². The zero-order chi connectivity index (χ0) is 29.6. The molecule has 0 radical (unpaired) electrons. The van der Waals surface area contributed by atoms with Gasteiger partial charge in [-0.1, -0.05) is 42.5 Å². The Morgan fingerprint density at radius 3 is 1.81 bits per heavy atom. The van der Waals surface area contributed by atoms with E-state index in [4.69, 9.17) is 23.7 Å². The summed E-state index contributed by atoms with van der Waals surface area (Å²) < 4.78 is 28.0. The Labute approximate surface area is 250 Å². The van der Waals surface area contributed by atoms with Crippen molar-refractivity contribution < 1.29 is 23.7 Å². The number of ether oxygens (including phenoxy) is 5. The lowest BCUT2D eigenvalue weighted by molar-refractivity contribution is 0.0303. The zero-order valence-corrected chi connectivity index (χ0v) is 25.1. The summed E-state index contributed by atoms with van der Waals surface area (Å²) in [7, 11) is 7.48. The normalized spacial score (nSPS) is 10.8. The van der Waals surface area contributed by atoms with Crippen LogP contribution in [0.1, 0.15) is 16.7 Å². The summed E-state index contributed by atoms with van der Waals surface area (Å²) in [4.78, 5) is 4.52. The van der Waals surface area contributed by atoms with E-state index < -0.39 is 0 Å². The fraction of sp³-hybridized carbons (Fsp3) is 0.314. The summed E-state index contributed by atoms with van der Waals surface area (Å²) in [6, 6.07) is 33.0. The third-order valence-electron chi connectivity index (χ3n) is 6.76. The highest BCUT2D eigenvalue weighted by Gasteiger charge is 2.11. The molecule has 0 aliphatic rings. The van der Waals surface area contributed by atoms with Crippen molar-refractivity contribution in [2.75, 3.05) is 64.5 Å². The lowest BCUT2D eigenvalue weighted by atomic mass is 10.1. The molecule has 4 aromatic carbocycles. The number of hydrogen-bond donors (Lipinski definition) is 0. The van der Waals surface area contributed by atoms with E-state index in [-0.39, 0.29) is 0 Å². The van der Waals surface area contributed by atoms with E-state index in [1.165, 1.54) is 16.8 Å². The van der Waals surface area contributed by atoms with E-state index in [0.29, 0.717) is 33.0 Å². The Balaban J connectivity index is 1.31. The molecule has 42 heavy (non-hydrogen) atoms. The zero-order valence-electron chi connectivity index (χ0n) is 25.1. The average Bonchev–Trinajstić information content (AvgIpc) is 3.02. The van der Waals surface area contributed by atoms with Crippen molar-refractivity contribution in [3.63, 3.8) is 0 Å². The average molecular weight is 571 g/mol. The Morgan fingerprint density at radius 1 is 0.524 bits per heavy atom. The van der Waals surface area contributed by atoms with Crippen LogP contribution in [0.2, 0.25) is 0 Å². The predicted octanol–water partition coefficient (Wildman–Crippen LogP) is 6.59. The van der Waals surface area contributed by atoms with Crippen LogP contribution >= 0.6 is 0 Å². The summed E-state index contributed by atoms with van der Waals surface area (Å²) in [6.45, 7) is 4.01. The molecule has 0 amide bonds. The minimum absolute atomic E-state index is 0.468. The van der Waals surface area contributed by atoms with Gasteiger partial charge in [0, 0.05) is 44.6 Å². The smallest absolute Gasteiger partial charge is 0.123 e. The molecule has 0 N–H and O–H groups in total. The molecular formula is C35H42N2O5. The molecule has 0 aromatic heterocycles. The van der Waals surface area contributed by atoms with Gasteiger partial charge in [-0.3, -0.25) is 0 Å². The van der Waals surface area contributed by atoms with Gasteiger partial charge in [0.25, 0.3) is 0 Å². The minimum atomic E-state index is 0.468. The van der Waals surface area contributed by atoms with Crippen LogP contribution in [-0.2, 0) is 29.2 Å². The molecule has 0 fully saturated rings. The number of methoxy groups -OCH3 is 2. The van der Waals surface area contributed by atoms with Crippen LogP contribution in [0.15, 0.2) is 97.1 Å². The number of rotatable bonds is 17. The van der Waals surface area contributed by atoms with Crippen molar-refractivity contribution in [1.29, 1.82) is 0 Å². The lowest BCUT2D eigenvalue weighted by Crippen LogP contribution is -2.22. The van der Waals surface area contributed by atoms with Gasteiger partial charge in [0.2, 0.25) is 0 Å².